The zero-order valence-corrected chi connectivity index (χ0v) is 21.4. The molecule has 0 unspecified atom stereocenters. The van der Waals surface area contributed by atoms with E-state index in [1.165, 1.54) is 39.7 Å². The SMILES string of the molecule is COC(=O)c1ccc(/C=N/NC(=O)CN(Cc2ccccc2)S(=O)(=O)c2cc(OC)ccc2OC)cc1. The number of nitrogens with zero attached hydrogens (tertiary/aromatic N) is 2. The minimum Gasteiger partial charge on any atom is -0.497 e. The van der Waals surface area contributed by atoms with Gasteiger partial charge in [0.2, 0.25) is 10.0 Å². The second kappa shape index (κ2) is 12.7. The molecule has 10 nitrogen and oxygen atoms in total. The van der Waals surface area contributed by atoms with Gasteiger partial charge in [-0.05, 0) is 35.4 Å². The molecule has 0 aliphatic heterocycles. The second-order valence-corrected chi connectivity index (χ2v) is 9.59. The lowest BCUT2D eigenvalue weighted by Gasteiger charge is -2.23. The van der Waals surface area contributed by atoms with Crippen molar-refractivity contribution in [1.29, 1.82) is 0 Å². The fraction of sp³-hybridized carbons (Fsp3) is 0.192. The van der Waals surface area contributed by atoms with Crippen molar-refractivity contribution in [3.8, 4) is 11.5 Å². The third kappa shape index (κ3) is 7.15. The topological polar surface area (TPSA) is 124 Å². The van der Waals surface area contributed by atoms with Crippen molar-refractivity contribution in [2.45, 2.75) is 11.4 Å². The van der Waals surface area contributed by atoms with Gasteiger partial charge in [-0.25, -0.2) is 18.6 Å². The number of carbonyl (C=O) groups excluding carboxylic acids is 2. The lowest BCUT2D eigenvalue weighted by Crippen LogP contribution is -2.39. The standard InChI is InChI=1S/C26H27N3O7S/c1-34-22-13-14-23(35-2)24(15-22)37(32,33)29(17-20-7-5-4-6-8-20)18-25(30)28-27-16-19-9-11-21(12-10-19)26(31)36-3/h4-16H,17-18H2,1-3H3,(H,28,30)/b27-16+. The first-order valence-electron chi connectivity index (χ1n) is 11.0. The number of methoxy groups -OCH3 is 3. The van der Waals surface area contributed by atoms with Gasteiger partial charge in [0.25, 0.3) is 5.91 Å². The predicted octanol–water partition coefficient (Wildman–Crippen LogP) is 2.83. The number of amides is 1. The lowest BCUT2D eigenvalue weighted by molar-refractivity contribution is -0.121. The van der Waals surface area contributed by atoms with Crippen LogP contribution in [-0.4, -0.2) is 58.7 Å². The molecule has 194 valence electrons. The highest BCUT2D eigenvalue weighted by molar-refractivity contribution is 7.89. The fourth-order valence-corrected chi connectivity index (χ4v) is 4.89. The molecule has 0 aromatic heterocycles. The summed E-state index contributed by atoms with van der Waals surface area (Å²) >= 11 is 0. The number of sulfonamides is 1. The minimum absolute atomic E-state index is 0.0599. The van der Waals surface area contributed by atoms with Crippen molar-refractivity contribution >= 4 is 28.1 Å². The highest BCUT2D eigenvalue weighted by Crippen LogP contribution is 2.31. The van der Waals surface area contributed by atoms with Crippen LogP contribution in [0.4, 0.5) is 0 Å². The Kier molecular flexibility index (Phi) is 9.36. The number of carbonyl (C=O) groups is 2. The summed E-state index contributed by atoms with van der Waals surface area (Å²) in [4.78, 5) is 24.1. The van der Waals surface area contributed by atoms with E-state index in [1.807, 2.05) is 6.07 Å². The number of hydrazone groups is 1. The average molecular weight is 526 g/mol. The molecule has 1 N–H and O–H groups in total. The van der Waals surface area contributed by atoms with Crippen molar-refractivity contribution in [3.05, 3.63) is 89.5 Å². The highest BCUT2D eigenvalue weighted by atomic mass is 32.2. The first-order chi connectivity index (χ1) is 17.8. The van der Waals surface area contributed by atoms with Gasteiger partial charge in [-0.3, -0.25) is 4.79 Å². The third-order valence-electron chi connectivity index (χ3n) is 5.24. The number of hydrogen-bond donors (Lipinski definition) is 1. The van der Waals surface area contributed by atoms with Gasteiger partial charge in [0.05, 0.1) is 39.7 Å². The summed E-state index contributed by atoms with van der Waals surface area (Å²) in [7, 11) is -0.112. The molecule has 0 atom stereocenters. The number of esters is 1. The molecule has 0 spiro atoms. The smallest absolute Gasteiger partial charge is 0.337 e. The van der Waals surface area contributed by atoms with Crippen LogP contribution in [0.25, 0.3) is 0 Å². The fourth-order valence-electron chi connectivity index (χ4n) is 3.34. The molecule has 0 fully saturated rings. The summed E-state index contributed by atoms with van der Waals surface area (Å²) in [6.07, 6.45) is 1.38. The van der Waals surface area contributed by atoms with Crippen LogP contribution in [0, 0.1) is 0 Å². The molecule has 3 aromatic carbocycles. The monoisotopic (exact) mass is 525 g/mol. The van der Waals surface area contributed by atoms with Gasteiger partial charge in [0.1, 0.15) is 16.4 Å². The quantitative estimate of drug-likeness (QED) is 0.232. The Morgan fingerprint density at radius 3 is 2.27 bits per heavy atom. The van der Waals surface area contributed by atoms with Crippen molar-refractivity contribution in [2.75, 3.05) is 27.9 Å². The van der Waals surface area contributed by atoms with Gasteiger partial charge in [-0.2, -0.15) is 9.41 Å². The Bertz CT molecular complexity index is 1360. The van der Waals surface area contributed by atoms with Gasteiger partial charge in [-0.15, -0.1) is 0 Å². The first-order valence-corrected chi connectivity index (χ1v) is 12.5. The highest BCUT2D eigenvalue weighted by Gasteiger charge is 2.30. The van der Waals surface area contributed by atoms with Crippen molar-refractivity contribution in [3.63, 3.8) is 0 Å². The Morgan fingerprint density at radius 2 is 1.65 bits per heavy atom. The van der Waals surface area contributed by atoms with Gasteiger partial charge in [0.15, 0.2) is 0 Å². The van der Waals surface area contributed by atoms with E-state index in [1.54, 1.807) is 54.6 Å². The zero-order valence-electron chi connectivity index (χ0n) is 20.6. The first kappa shape index (κ1) is 27.4. The largest absolute Gasteiger partial charge is 0.497 e. The molecule has 0 aliphatic carbocycles. The van der Waals surface area contributed by atoms with E-state index in [0.717, 1.165) is 4.31 Å². The maximum atomic E-state index is 13.7. The Hall–Kier alpha value is -4.22. The van der Waals surface area contributed by atoms with Gasteiger partial charge < -0.3 is 14.2 Å². The molecule has 3 rings (SSSR count). The molecule has 0 aliphatic rings. The molecule has 1 amide bonds. The summed E-state index contributed by atoms with van der Waals surface area (Å²) in [5, 5.41) is 3.91. The number of rotatable bonds is 11. The average Bonchev–Trinajstić information content (AvgIpc) is 2.92. The molecular formula is C26H27N3O7S. The minimum atomic E-state index is -4.19. The van der Waals surface area contributed by atoms with Crippen LogP contribution in [0.15, 0.2) is 82.8 Å². The second-order valence-electron chi connectivity index (χ2n) is 7.68. The summed E-state index contributed by atoms with van der Waals surface area (Å²) in [6.45, 7) is -0.564. The van der Waals surface area contributed by atoms with E-state index in [9.17, 15) is 18.0 Å². The number of nitrogens with one attached hydrogen (secondary N) is 1. The van der Waals surface area contributed by atoms with Gasteiger partial charge in [-0.1, -0.05) is 42.5 Å². The van der Waals surface area contributed by atoms with E-state index in [4.69, 9.17) is 9.47 Å². The lowest BCUT2D eigenvalue weighted by atomic mass is 10.1. The number of hydrogen-bond acceptors (Lipinski definition) is 8. The van der Waals surface area contributed by atoms with E-state index in [-0.39, 0.29) is 17.2 Å². The maximum Gasteiger partial charge on any atom is 0.337 e. The Labute approximate surface area is 215 Å². The van der Waals surface area contributed by atoms with Crippen LogP contribution in [0.3, 0.4) is 0 Å². The molecule has 0 saturated carbocycles. The Morgan fingerprint density at radius 1 is 0.946 bits per heavy atom. The molecule has 37 heavy (non-hydrogen) atoms. The zero-order chi connectivity index (χ0) is 26.8. The number of benzene rings is 3. The maximum absolute atomic E-state index is 13.7. The Balaban J connectivity index is 1.81. The molecule has 0 radical (unpaired) electrons. The van der Waals surface area contributed by atoms with Crippen LogP contribution in [0.2, 0.25) is 0 Å². The van der Waals surface area contributed by atoms with Crippen LogP contribution in [0.5, 0.6) is 11.5 Å². The van der Waals surface area contributed by atoms with Crippen molar-refractivity contribution in [1.82, 2.24) is 9.73 Å². The van der Waals surface area contributed by atoms with Gasteiger partial charge in [0, 0.05) is 12.6 Å². The molecular weight excluding hydrogens is 498 g/mol. The van der Waals surface area contributed by atoms with Crippen molar-refractivity contribution < 1.29 is 32.2 Å². The van der Waals surface area contributed by atoms with Crippen molar-refractivity contribution in [2.24, 2.45) is 5.10 Å². The molecule has 0 heterocycles. The van der Waals surface area contributed by atoms with Crippen LogP contribution in [0.1, 0.15) is 21.5 Å². The summed E-state index contributed by atoms with van der Waals surface area (Å²) < 4.78 is 43.5. The van der Waals surface area contributed by atoms with E-state index in [0.29, 0.717) is 22.4 Å². The predicted molar refractivity (Wildman–Crippen MR) is 137 cm³/mol. The summed E-state index contributed by atoms with van der Waals surface area (Å²) in [5.41, 5.74) is 4.02. The molecule has 0 saturated heterocycles. The molecule has 11 heteroatoms. The van der Waals surface area contributed by atoms with E-state index in [2.05, 4.69) is 15.3 Å². The van der Waals surface area contributed by atoms with E-state index < -0.39 is 28.4 Å². The third-order valence-corrected chi connectivity index (χ3v) is 7.06. The summed E-state index contributed by atoms with van der Waals surface area (Å²) in [5.74, 6) is -0.674. The van der Waals surface area contributed by atoms with Crippen LogP contribution < -0.4 is 14.9 Å². The van der Waals surface area contributed by atoms with Gasteiger partial charge >= 0.3 is 5.97 Å². The number of ether oxygens (including phenoxy) is 3. The van der Waals surface area contributed by atoms with Crippen LogP contribution >= 0.6 is 0 Å². The molecule has 3 aromatic rings. The van der Waals surface area contributed by atoms with E-state index >= 15 is 0 Å². The summed E-state index contributed by atoms with van der Waals surface area (Å²) in [6, 6.07) is 19.7. The molecule has 0 bridgehead atoms. The normalized spacial score (nSPS) is 11.4. The van der Waals surface area contributed by atoms with Crippen LogP contribution in [-0.2, 0) is 26.1 Å².